The first-order valence-electron chi connectivity index (χ1n) is 11.6. The van der Waals surface area contributed by atoms with Crippen molar-refractivity contribution in [1.29, 1.82) is 0 Å². The molecule has 1 saturated heterocycles. The highest BCUT2D eigenvalue weighted by molar-refractivity contribution is 5.36. The van der Waals surface area contributed by atoms with Gasteiger partial charge in [0.1, 0.15) is 11.6 Å². The molecule has 1 aliphatic carbocycles. The third-order valence-corrected chi connectivity index (χ3v) is 7.11. The van der Waals surface area contributed by atoms with Crippen LogP contribution in [0.25, 0.3) is 0 Å². The van der Waals surface area contributed by atoms with E-state index in [9.17, 15) is 8.78 Å². The Bertz CT molecular complexity index is 974. The number of fused-ring (bicyclic) bond motifs is 1. The van der Waals surface area contributed by atoms with Crippen molar-refractivity contribution in [2.75, 3.05) is 19.6 Å². The zero-order valence-corrected chi connectivity index (χ0v) is 17.9. The highest BCUT2D eigenvalue weighted by Crippen LogP contribution is 2.35. The summed E-state index contributed by atoms with van der Waals surface area (Å²) in [5, 5.41) is 0. The van der Waals surface area contributed by atoms with Crippen molar-refractivity contribution < 1.29 is 8.78 Å². The summed E-state index contributed by atoms with van der Waals surface area (Å²) in [6.07, 6.45) is 12.1. The maximum atomic E-state index is 14.1. The highest BCUT2D eigenvalue weighted by atomic mass is 19.1. The number of nitrogens with zero attached hydrogens (tertiary/aromatic N) is 2. The van der Waals surface area contributed by atoms with Gasteiger partial charge in [0.05, 0.1) is 6.04 Å². The molecule has 31 heavy (non-hydrogen) atoms. The zero-order chi connectivity index (χ0) is 21.2. The second-order valence-electron chi connectivity index (χ2n) is 9.01. The van der Waals surface area contributed by atoms with Crippen LogP contribution < -0.4 is 0 Å². The summed E-state index contributed by atoms with van der Waals surface area (Å²) in [5.74, 6) is -0.851. The summed E-state index contributed by atoms with van der Waals surface area (Å²) < 4.78 is 27.8. The number of hydrogen-bond donors (Lipinski definition) is 0. The summed E-state index contributed by atoms with van der Waals surface area (Å²) in [6, 6.07) is 14.1. The van der Waals surface area contributed by atoms with E-state index in [0.717, 1.165) is 56.9 Å². The van der Waals surface area contributed by atoms with Gasteiger partial charge in [-0.3, -0.25) is 9.80 Å². The van der Waals surface area contributed by atoms with E-state index in [-0.39, 0.29) is 5.82 Å². The molecule has 0 radical (unpaired) electrons. The molecule has 1 unspecified atom stereocenters. The first-order valence-corrected chi connectivity index (χ1v) is 11.6. The summed E-state index contributed by atoms with van der Waals surface area (Å²) in [4.78, 5) is 5.06. The minimum Gasteiger partial charge on any atom is -0.296 e. The molecule has 2 aromatic carbocycles. The number of hydrogen-bond acceptors (Lipinski definition) is 2. The molecule has 2 heterocycles. The van der Waals surface area contributed by atoms with E-state index in [4.69, 9.17) is 0 Å². The van der Waals surface area contributed by atoms with Gasteiger partial charge in [-0.2, -0.15) is 0 Å². The Balaban J connectivity index is 1.29. The van der Waals surface area contributed by atoms with Crippen molar-refractivity contribution in [3.63, 3.8) is 0 Å². The summed E-state index contributed by atoms with van der Waals surface area (Å²) in [6.45, 7) is 3.59. The molecule has 1 atom stereocenters. The molecule has 5 rings (SSSR count). The van der Waals surface area contributed by atoms with Crippen LogP contribution in [-0.2, 0) is 13.0 Å². The summed E-state index contributed by atoms with van der Waals surface area (Å²) >= 11 is 0. The van der Waals surface area contributed by atoms with E-state index < -0.39 is 5.82 Å². The van der Waals surface area contributed by atoms with Crippen LogP contribution in [0.1, 0.15) is 48.4 Å². The van der Waals surface area contributed by atoms with Gasteiger partial charge in [0.15, 0.2) is 0 Å². The fourth-order valence-electron chi connectivity index (χ4n) is 5.54. The second-order valence-corrected chi connectivity index (χ2v) is 9.01. The van der Waals surface area contributed by atoms with E-state index in [1.807, 2.05) is 0 Å². The van der Waals surface area contributed by atoms with Gasteiger partial charge >= 0.3 is 0 Å². The maximum absolute atomic E-state index is 14.1. The fourth-order valence-corrected chi connectivity index (χ4v) is 5.54. The van der Waals surface area contributed by atoms with Crippen molar-refractivity contribution in [3.05, 3.63) is 94.6 Å². The molecule has 0 saturated carbocycles. The molecule has 0 amide bonds. The molecule has 4 heteroatoms. The van der Waals surface area contributed by atoms with Gasteiger partial charge in [-0.1, -0.05) is 48.6 Å². The standard InChI is InChI=1S/C27H30F2N2/c28-23-17-22-19-31(16-13-25(22)26(29)18-23)24-11-14-30(15-12-24)27(20-7-3-1-4-8-20)21-9-5-2-6-10-21/h1,3-5,7-10,17-18,24,27H,2,6,11-16,19H2. The summed E-state index contributed by atoms with van der Waals surface area (Å²) in [7, 11) is 0. The van der Waals surface area contributed by atoms with Gasteiger partial charge in [-0.05, 0) is 60.4 Å². The van der Waals surface area contributed by atoms with Gasteiger partial charge in [-0.15, -0.1) is 0 Å². The molecule has 0 spiro atoms. The molecule has 2 nitrogen and oxygen atoms in total. The molecule has 2 aromatic rings. The lowest BCUT2D eigenvalue weighted by molar-refractivity contribution is 0.0834. The molecular formula is C27H30F2N2. The van der Waals surface area contributed by atoms with Crippen molar-refractivity contribution >= 4 is 0 Å². The Hall–Kier alpha value is -2.30. The molecule has 3 aliphatic rings. The maximum Gasteiger partial charge on any atom is 0.129 e. The minimum absolute atomic E-state index is 0.309. The molecule has 2 aliphatic heterocycles. The SMILES string of the molecule is Fc1cc(F)c2c(c1)CN(C1CCN(C(C3=CCCC=C3)c3ccccc3)CC1)CC2. The molecule has 162 valence electrons. The Morgan fingerprint density at radius 2 is 1.74 bits per heavy atom. The zero-order valence-electron chi connectivity index (χ0n) is 17.9. The van der Waals surface area contributed by atoms with Crippen LogP contribution in [0.4, 0.5) is 8.78 Å². The fraction of sp³-hybridized carbons (Fsp3) is 0.407. The number of piperidine rings is 1. The predicted molar refractivity (Wildman–Crippen MR) is 121 cm³/mol. The van der Waals surface area contributed by atoms with Crippen LogP contribution >= 0.6 is 0 Å². The molecule has 0 N–H and O–H groups in total. The first kappa shape index (κ1) is 20.6. The molecule has 1 fully saturated rings. The van der Waals surface area contributed by atoms with E-state index in [1.165, 1.54) is 17.2 Å². The minimum atomic E-state index is -0.465. The lowest BCUT2D eigenvalue weighted by atomic mass is 9.90. The quantitative estimate of drug-likeness (QED) is 0.616. The van der Waals surface area contributed by atoms with Crippen molar-refractivity contribution in [1.82, 2.24) is 9.80 Å². The van der Waals surface area contributed by atoms with E-state index in [0.29, 0.717) is 30.6 Å². The second kappa shape index (κ2) is 9.05. The van der Waals surface area contributed by atoms with Gasteiger partial charge < -0.3 is 0 Å². The lowest BCUT2D eigenvalue weighted by Gasteiger charge is -2.43. The topological polar surface area (TPSA) is 6.48 Å². The van der Waals surface area contributed by atoms with Crippen molar-refractivity contribution in [3.8, 4) is 0 Å². The van der Waals surface area contributed by atoms with Crippen LogP contribution in [-0.4, -0.2) is 35.5 Å². The first-order chi connectivity index (χ1) is 15.2. The average molecular weight is 421 g/mol. The van der Waals surface area contributed by atoms with E-state index in [1.54, 1.807) is 0 Å². The Labute approximate surface area is 183 Å². The van der Waals surface area contributed by atoms with Crippen molar-refractivity contribution in [2.45, 2.75) is 50.7 Å². The monoisotopic (exact) mass is 420 g/mol. The van der Waals surface area contributed by atoms with Gasteiger partial charge in [0.2, 0.25) is 0 Å². The molecule has 0 aromatic heterocycles. The predicted octanol–water partition coefficient (Wildman–Crippen LogP) is 5.81. The Kier molecular flexibility index (Phi) is 6.02. The van der Waals surface area contributed by atoms with Gasteiger partial charge in [0, 0.05) is 38.3 Å². The lowest BCUT2D eigenvalue weighted by Crippen LogP contribution is -2.47. The smallest absolute Gasteiger partial charge is 0.129 e. The Morgan fingerprint density at radius 1 is 0.935 bits per heavy atom. The largest absolute Gasteiger partial charge is 0.296 e. The Morgan fingerprint density at radius 3 is 2.48 bits per heavy atom. The van der Waals surface area contributed by atoms with Gasteiger partial charge in [-0.25, -0.2) is 8.78 Å². The van der Waals surface area contributed by atoms with E-state index >= 15 is 0 Å². The molecular weight excluding hydrogens is 390 g/mol. The highest BCUT2D eigenvalue weighted by Gasteiger charge is 2.32. The summed E-state index contributed by atoms with van der Waals surface area (Å²) in [5.41, 5.74) is 4.30. The number of halogens is 2. The van der Waals surface area contributed by atoms with Gasteiger partial charge in [0.25, 0.3) is 0 Å². The van der Waals surface area contributed by atoms with Crippen LogP contribution in [0.3, 0.4) is 0 Å². The number of rotatable bonds is 4. The molecule has 0 bridgehead atoms. The third kappa shape index (κ3) is 4.37. The third-order valence-electron chi connectivity index (χ3n) is 7.11. The van der Waals surface area contributed by atoms with Crippen LogP contribution in [0.5, 0.6) is 0 Å². The van der Waals surface area contributed by atoms with Crippen molar-refractivity contribution in [2.24, 2.45) is 0 Å². The normalized spacial score (nSPS) is 21.5. The number of likely N-dealkylation sites (tertiary alicyclic amines) is 1. The van der Waals surface area contributed by atoms with Crippen LogP contribution in [0.15, 0.2) is 66.3 Å². The van der Waals surface area contributed by atoms with Crippen LogP contribution in [0.2, 0.25) is 0 Å². The number of benzene rings is 2. The average Bonchev–Trinajstić information content (AvgIpc) is 2.81. The van der Waals surface area contributed by atoms with Crippen LogP contribution in [0, 0.1) is 11.6 Å². The number of allylic oxidation sites excluding steroid dienone is 2. The van der Waals surface area contributed by atoms with E-state index in [2.05, 4.69) is 58.4 Å².